The number of amides is 2. The summed E-state index contributed by atoms with van der Waals surface area (Å²) in [7, 11) is 2.23. The molecule has 7 nitrogen and oxygen atoms in total. The second-order valence-electron chi connectivity index (χ2n) is 13.1. The summed E-state index contributed by atoms with van der Waals surface area (Å²) in [6.07, 6.45) is 14.0. The van der Waals surface area contributed by atoms with Gasteiger partial charge in [-0.05, 0) is 80.4 Å². The maximum absolute atomic E-state index is 15.5. The van der Waals surface area contributed by atoms with Crippen molar-refractivity contribution in [2.24, 2.45) is 17.6 Å². The molecule has 3 atom stereocenters. The molecule has 0 spiro atoms. The predicted octanol–water partition coefficient (Wildman–Crippen LogP) is 4.03. The molecule has 6 rings (SSSR count). The zero-order chi connectivity index (χ0) is 27.2. The lowest BCUT2D eigenvalue weighted by Gasteiger charge is -2.51. The van der Waals surface area contributed by atoms with E-state index in [0.29, 0.717) is 43.9 Å². The Kier molecular flexibility index (Phi) is 7.48. The van der Waals surface area contributed by atoms with Gasteiger partial charge in [-0.2, -0.15) is 0 Å². The van der Waals surface area contributed by atoms with Crippen molar-refractivity contribution in [3.05, 3.63) is 35.1 Å². The minimum Gasteiger partial charge on any atom is -0.338 e. The molecule has 0 bridgehead atoms. The van der Waals surface area contributed by atoms with E-state index in [2.05, 4.69) is 17.5 Å². The fraction of sp³-hybridized carbons (Fsp3) is 0.742. The molecule has 0 aromatic heterocycles. The Hall–Kier alpha value is -2.03. The summed E-state index contributed by atoms with van der Waals surface area (Å²) < 4.78 is 15.5. The molecule has 5 fully saturated rings. The smallest absolute Gasteiger partial charge is 0.256 e. The zero-order valence-corrected chi connectivity index (χ0v) is 23.6. The third-order valence-corrected chi connectivity index (χ3v) is 10.9. The fourth-order valence-electron chi connectivity index (χ4n) is 8.32. The van der Waals surface area contributed by atoms with Gasteiger partial charge in [-0.15, -0.1) is 0 Å². The molecule has 1 aromatic carbocycles. The highest BCUT2D eigenvalue weighted by Crippen LogP contribution is 2.53. The largest absolute Gasteiger partial charge is 0.338 e. The van der Waals surface area contributed by atoms with Crippen molar-refractivity contribution in [2.45, 2.75) is 94.0 Å². The Balaban J connectivity index is 1.14. The number of carbonyl (C=O) groups is 2. The average molecular weight is 540 g/mol. The first-order valence-corrected chi connectivity index (χ1v) is 15.5. The number of benzene rings is 1. The molecule has 8 heteroatoms. The van der Waals surface area contributed by atoms with Crippen molar-refractivity contribution < 1.29 is 14.0 Å². The number of rotatable bonds is 4. The van der Waals surface area contributed by atoms with Gasteiger partial charge in [0.05, 0.1) is 11.1 Å². The molecule has 3 unspecified atom stereocenters. The summed E-state index contributed by atoms with van der Waals surface area (Å²) in [5.41, 5.74) is 10.4. The molecule has 3 aliphatic carbocycles. The molecule has 39 heavy (non-hydrogen) atoms. The van der Waals surface area contributed by atoms with E-state index < -0.39 is 11.4 Å². The molecule has 214 valence electrons. The van der Waals surface area contributed by atoms with Gasteiger partial charge in [0.25, 0.3) is 5.91 Å². The van der Waals surface area contributed by atoms with Crippen molar-refractivity contribution in [3.63, 3.8) is 0 Å². The number of carbonyl (C=O) groups excluding carboxylic acids is 2. The molecule has 5 aliphatic rings. The van der Waals surface area contributed by atoms with Crippen molar-refractivity contribution in [1.29, 1.82) is 0 Å². The van der Waals surface area contributed by atoms with Crippen LogP contribution in [0.4, 0.5) is 4.39 Å². The van der Waals surface area contributed by atoms with Crippen LogP contribution in [-0.2, 0) is 4.79 Å². The standard InChI is InChI=1S/C31H46FN5O2/c1-35-31(24-7-5-3-2-4-6-8-24)20-23(9-11-25(31)21-34-35)22-10-12-26(27(32)19-22)28(38)36-15-17-37(18-16-36)29(39)30(33)13-14-30/h10,12,19,23-25,34H,2-9,11,13-18,20-21,33H2,1H3. The number of hydrogen-bond donors (Lipinski definition) is 2. The molecule has 2 aliphatic heterocycles. The lowest BCUT2D eigenvalue weighted by atomic mass is 9.60. The summed E-state index contributed by atoms with van der Waals surface area (Å²) in [5, 5.41) is 2.43. The quantitative estimate of drug-likeness (QED) is 0.604. The summed E-state index contributed by atoms with van der Waals surface area (Å²) in [5.74, 6) is 0.905. The van der Waals surface area contributed by atoms with Crippen molar-refractivity contribution >= 4 is 11.8 Å². The van der Waals surface area contributed by atoms with E-state index in [1.807, 2.05) is 6.07 Å². The zero-order valence-electron chi connectivity index (χ0n) is 23.6. The van der Waals surface area contributed by atoms with Gasteiger partial charge in [0.15, 0.2) is 0 Å². The van der Waals surface area contributed by atoms with Crippen LogP contribution >= 0.6 is 0 Å². The number of nitrogens with zero attached hydrogens (tertiary/aromatic N) is 3. The number of piperazine rings is 1. The number of hydrazine groups is 1. The topological polar surface area (TPSA) is 81.9 Å². The lowest BCUT2D eigenvalue weighted by Crippen LogP contribution is -2.56. The van der Waals surface area contributed by atoms with Gasteiger partial charge in [-0.25, -0.2) is 9.40 Å². The number of nitrogens with one attached hydrogen (secondary N) is 1. The molecule has 0 radical (unpaired) electrons. The van der Waals surface area contributed by atoms with Crippen molar-refractivity contribution in [2.75, 3.05) is 39.8 Å². The number of fused-ring (bicyclic) bond motifs is 1. The summed E-state index contributed by atoms with van der Waals surface area (Å²) in [6, 6.07) is 5.34. The van der Waals surface area contributed by atoms with Gasteiger partial charge in [-0.3, -0.25) is 15.0 Å². The Labute approximate surface area is 232 Å². The molecular weight excluding hydrogens is 493 g/mol. The Bertz CT molecular complexity index is 1080. The van der Waals surface area contributed by atoms with Crippen LogP contribution in [0.1, 0.15) is 98.9 Å². The third-order valence-electron chi connectivity index (χ3n) is 10.9. The van der Waals surface area contributed by atoms with Crippen molar-refractivity contribution in [3.8, 4) is 0 Å². The summed E-state index contributed by atoms with van der Waals surface area (Å²) >= 11 is 0. The Morgan fingerprint density at radius 2 is 1.59 bits per heavy atom. The summed E-state index contributed by atoms with van der Waals surface area (Å²) in [6.45, 7) is 2.78. The van der Waals surface area contributed by atoms with Gasteiger partial charge in [0.1, 0.15) is 5.82 Å². The van der Waals surface area contributed by atoms with Crippen LogP contribution in [-0.4, -0.2) is 77.5 Å². The number of halogens is 1. The minimum absolute atomic E-state index is 0.0138. The van der Waals surface area contributed by atoms with E-state index in [1.54, 1.807) is 21.9 Å². The molecule has 2 saturated heterocycles. The van der Waals surface area contributed by atoms with Gasteiger partial charge < -0.3 is 15.5 Å². The maximum atomic E-state index is 15.5. The van der Waals surface area contributed by atoms with Crippen LogP contribution in [0.2, 0.25) is 0 Å². The van der Waals surface area contributed by atoms with Crippen LogP contribution in [0.15, 0.2) is 18.2 Å². The molecular formula is C31H46FN5O2. The van der Waals surface area contributed by atoms with Crippen LogP contribution in [0.3, 0.4) is 0 Å². The van der Waals surface area contributed by atoms with Crippen LogP contribution in [0.5, 0.6) is 0 Å². The first-order chi connectivity index (χ1) is 18.8. The highest BCUT2D eigenvalue weighted by molar-refractivity contribution is 5.95. The van der Waals surface area contributed by atoms with E-state index in [-0.39, 0.29) is 22.9 Å². The van der Waals surface area contributed by atoms with Gasteiger partial charge in [-0.1, -0.05) is 38.2 Å². The maximum Gasteiger partial charge on any atom is 0.256 e. The van der Waals surface area contributed by atoms with E-state index in [1.165, 1.54) is 44.9 Å². The average Bonchev–Trinajstić information content (AvgIpc) is 3.60. The van der Waals surface area contributed by atoms with Crippen LogP contribution in [0, 0.1) is 17.7 Å². The molecule has 2 amide bonds. The minimum atomic E-state index is -0.690. The monoisotopic (exact) mass is 539 g/mol. The third kappa shape index (κ3) is 5.02. The summed E-state index contributed by atoms with van der Waals surface area (Å²) in [4.78, 5) is 29.2. The first-order valence-electron chi connectivity index (χ1n) is 15.5. The Morgan fingerprint density at radius 1 is 0.923 bits per heavy atom. The van der Waals surface area contributed by atoms with Crippen molar-refractivity contribution in [1.82, 2.24) is 20.2 Å². The van der Waals surface area contributed by atoms with E-state index >= 15 is 4.39 Å². The fourth-order valence-corrected chi connectivity index (χ4v) is 8.32. The van der Waals surface area contributed by atoms with Gasteiger partial charge >= 0.3 is 0 Å². The van der Waals surface area contributed by atoms with Gasteiger partial charge in [0.2, 0.25) is 5.91 Å². The lowest BCUT2D eigenvalue weighted by molar-refractivity contribution is -0.135. The molecule has 2 heterocycles. The highest BCUT2D eigenvalue weighted by atomic mass is 19.1. The Morgan fingerprint density at radius 3 is 2.26 bits per heavy atom. The normalized spacial score (nSPS) is 31.9. The van der Waals surface area contributed by atoms with E-state index in [0.717, 1.165) is 44.2 Å². The molecule has 1 aromatic rings. The predicted molar refractivity (Wildman–Crippen MR) is 149 cm³/mol. The second kappa shape index (κ2) is 10.7. The van der Waals surface area contributed by atoms with E-state index in [9.17, 15) is 9.59 Å². The van der Waals surface area contributed by atoms with Crippen LogP contribution < -0.4 is 11.2 Å². The number of hydrogen-bond acceptors (Lipinski definition) is 5. The molecule has 3 N–H and O–H groups in total. The number of nitrogens with two attached hydrogens (primary N) is 1. The SMILES string of the molecule is CN1NCC2CCC(c3ccc(C(=O)N4CCN(C(=O)C5(N)CC5)CC4)c(F)c3)CC21C1CCCCCCC1. The first kappa shape index (κ1) is 27.2. The molecule has 3 saturated carbocycles. The van der Waals surface area contributed by atoms with Crippen LogP contribution in [0.25, 0.3) is 0 Å². The second-order valence-corrected chi connectivity index (χ2v) is 13.1. The van der Waals surface area contributed by atoms with Gasteiger partial charge in [0, 0.05) is 45.3 Å². The highest BCUT2D eigenvalue weighted by Gasteiger charge is 2.54. The van der Waals surface area contributed by atoms with E-state index in [4.69, 9.17) is 5.73 Å².